The van der Waals surface area contributed by atoms with E-state index in [4.69, 9.17) is 14.8 Å². The number of aliphatic imine (C=N–C) groups is 1. The van der Waals surface area contributed by atoms with Crippen LogP contribution in [-0.4, -0.2) is 27.1 Å². The van der Waals surface area contributed by atoms with Crippen molar-refractivity contribution in [3.8, 4) is 5.75 Å². The van der Waals surface area contributed by atoms with E-state index in [1.807, 2.05) is 97.1 Å². The second kappa shape index (κ2) is 11.6. The molecule has 0 bridgehead atoms. The van der Waals surface area contributed by atoms with E-state index in [-0.39, 0.29) is 18.1 Å². The number of rotatable bonds is 8. The summed E-state index contributed by atoms with van der Waals surface area (Å²) in [5.41, 5.74) is 3.68. The van der Waals surface area contributed by atoms with E-state index in [1.165, 1.54) is 11.8 Å². The van der Waals surface area contributed by atoms with Crippen LogP contribution < -0.4 is 4.74 Å². The first-order valence-electron chi connectivity index (χ1n) is 12.0. The number of nitrogens with zero attached hydrogens (tertiary/aromatic N) is 2. The first kappa shape index (κ1) is 25.0. The summed E-state index contributed by atoms with van der Waals surface area (Å²) in [5, 5.41) is 9.80. The van der Waals surface area contributed by atoms with Gasteiger partial charge in [-0.25, -0.2) is 9.79 Å². The molecular weight excluding hydrogens is 496 g/mol. The fraction of sp³-hybridized carbons (Fsp3) is 0.0645. The molecule has 6 nitrogen and oxygen atoms in total. The maximum Gasteiger partial charge on any atom is 0.335 e. The highest BCUT2D eigenvalue weighted by molar-refractivity contribution is 8.18. The molecule has 1 amide bonds. The monoisotopic (exact) mass is 520 g/mol. The molecule has 4 aromatic carbocycles. The van der Waals surface area contributed by atoms with E-state index in [2.05, 4.69) is 0 Å². The van der Waals surface area contributed by atoms with E-state index in [0.29, 0.717) is 22.4 Å². The van der Waals surface area contributed by atoms with Crippen LogP contribution in [0.2, 0.25) is 0 Å². The van der Waals surface area contributed by atoms with Gasteiger partial charge in [0.1, 0.15) is 12.4 Å². The molecule has 7 heteroatoms. The van der Waals surface area contributed by atoms with Crippen molar-refractivity contribution in [2.24, 2.45) is 4.99 Å². The van der Waals surface area contributed by atoms with Crippen molar-refractivity contribution in [1.29, 1.82) is 0 Å². The van der Waals surface area contributed by atoms with Crippen LogP contribution in [-0.2, 0) is 17.9 Å². The summed E-state index contributed by atoms with van der Waals surface area (Å²) in [7, 11) is 0. The Morgan fingerprint density at radius 3 is 2.26 bits per heavy atom. The third-order valence-corrected chi connectivity index (χ3v) is 6.82. The minimum Gasteiger partial charge on any atom is -0.489 e. The highest BCUT2D eigenvalue weighted by Crippen LogP contribution is 2.35. The fourth-order valence-electron chi connectivity index (χ4n) is 3.88. The number of hydrogen-bond donors (Lipinski definition) is 1. The Labute approximate surface area is 224 Å². The summed E-state index contributed by atoms with van der Waals surface area (Å²) in [5.74, 6) is -0.412. The van der Waals surface area contributed by atoms with Crippen LogP contribution in [0.4, 0.5) is 5.69 Å². The summed E-state index contributed by atoms with van der Waals surface area (Å²) in [6.07, 6.45) is 1.86. The zero-order chi connectivity index (χ0) is 26.3. The molecule has 4 aromatic rings. The van der Waals surface area contributed by atoms with E-state index >= 15 is 0 Å². The van der Waals surface area contributed by atoms with Gasteiger partial charge in [-0.05, 0) is 70.9 Å². The zero-order valence-electron chi connectivity index (χ0n) is 20.4. The second-order valence-corrected chi connectivity index (χ2v) is 9.59. The summed E-state index contributed by atoms with van der Waals surface area (Å²) in [4.78, 5) is 31.6. The summed E-state index contributed by atoms with van der Waals surface area (Å²) < 4.78 is 5.83. The Kier molecular flexibility index (Phi) is 7.66. The molecular formula is C31H24N2O4S. The van der Waals surface area contributed by atoms with Crippen LogP contribution in [0.3, 0.4) is 0 Å². The third kappa shape index (κ3) is 6.19. The highest BCUT2D eigenvalue weighted by atomic mass is 32.2. The van der Waals surface area contributed by atoms with E-state index in [1.54, 1.807) is 23.1 Å². The van der Waals surface area contributed by atoms with Gasteiger partial charge in [0, 0.05) is 0 Å². The van der Waals surface area contributed by atoms with Crippen molar-refractivity contribution in [2.45, 2.75) is 13.2 Å². The van der Waals surface area contributed by atoms with Gasteiger partial charge in [0.05, 0.1) is 22.7 Å². The van der Waals surface area contributed by atoms with Crippen molar-refractivity contribution in [2.75, 3.05) is 0 Å². The Morgan fingerprint density at radius 2 is 1.55 bits per heavy atom. The Bertz CT molecular complexity index is 1500. The molecule has 188 valence electrons. The standard InChI is InChI=1S/C31H24N2O4S/c34-29-28(19-22-14-16-27(17-15-22)37-21-24-10-7-11-25(18-24)30(35)36)38-31(32-26-12-5-2-6-13-26)33(29)20-23-8-3-1-4-9-23/h1-19H,20-21H2,(H,35,36)/b28-19-,32-31?. The van der Waals surface area contributed by atoms with E-state index in [0.717, 1.165) is 22.4 Å². The number of hydrogen-bond acceptors (Lipinski definition) is 5. The first-order chi connectivity index (χ1) is 18.5. The van der Waals surface area contributed by atoms with Crippen LogP contribution >= 0.6 is 11.8 Å². The van der Waals surface area contributed by atoms with Crippen molar-refractivity contribution in [1.82, 2.24) is 4.90 Å². The summed E-state index contributed by atoms with van der Waals surface area (Å²) >= 11 is 1.36. The molecule has 0 aliphatic carbocycles. The van der Waals surface area contributed by atoms with Crippen LogP contribution in [0.15, 0.2) is 119 Å². The van der Waals surface area contributed by atoms with E-state index in [9.17, 15) is 9.59 Å². The SMILES string of the molecule is O=C(O)c1cccc(COc2ccc(/C=C3\SC(=Nc4ccccc4)N(Cc4ccccc4)C3=O)cc2)c1. The van der Waals surface area contributed by atoms with Crippen molar-refractivity contribution in [3.05, 3.63) is 136 Å². The minimum absolute atomic E-state index is 0.0906. The largest absolute Gasteiger partial charge is 0.489 e. The topological polar surface area (TPSA) is 79.2 Å². The number of thioether (sulfide) groups is 1. The molecule has 1 N–H and O–H groups in total. The molecule has 1 fully saturated rings. The predicted molar refractivity (Wildman–Crippen MR) is 150 cm³/mol. The molecule has 1 aliphatic rings. The Morgan fingerprint density at radius 1 is 0.868 bits per heavy atom. The normalized spacial score (nSPS) is 15.3. The average Bonchev–Trinajstić information content (AvgIpc) is 3.22. The van der Waals surface area contributed by atoms with Crippen molar-refractivity contribution in [3.63, 3.8) is 0 Å². The van der Waals surface area contributed by atoms with Crippen LogP contribution in [0.5, 0.6) is 5.75 Å². The van der Waals surface area contributed by atoms with Crippen LogP contribution in [0, 0.1) is 0 Å². The quantitative estimate of drug-likeness (QED) is 0.260. The molecule has 0 saturated carbocycles. The van der Waals surface area contributed by atoms with Gasteiger partial charge in [-0.2, -0.15) is 0 Å². The summed E-state index contributed by atoms with van der Waals surface area (Å²) in [6.45, 7) is 0.690. The minimum atomic E-state index is -0.970. The Balaban J connectivity index is 1.32. The maximum absolute atomic E-state index is 13.4. The van der Waals surface area contributed by atoms with Gasteiger partial charge < -0.3 is 9.84 Å². The summed E-state index contributed by atoms with van der Waals surface area (Å²) in [6, 6.07) is 33.6. The number of carbonyl (C=O) groups excluding carboxylic acids is 1. The lowest BCUT2D eigenvalue weighted by Gasteiger charge is -2.15. The van der Waals surface area contributed by atoms with Gasteiger partial charge in [-0.3, -0.25) is 9.69 Å². The van der Waals surface area contributed by atoms with Gasteiger partial charge >= 0.3 is 5.97 Å². The smallest absolute Gasteiger partial charge is 0.335 e. The van der Waals surface area contributed by atoms with Gasteiger partial charge in [0.2, 0.25) is 0 Å². The number of carbonyl (C=O) groups is 2. The lowest BCUT2D eigenvalue weighted by molar-refractivity contribution is -0.122. The van der Waals surface area contributed by atoms with Crippen molar-refractivity contribution < 1.29 is 19.4 Å². The molecule has 1 heterocycles. The number of benzene rings is 4. The number of amides is 1. The van der Waals surface area contributed by atoms with Gasteiger partial charge in [-0.15, -0.1) is 0 Å². The fourth-order valence-corrected chi connectivity index (χ4v) is 4.88. The predicted octanol–water partition coefficient (Wildman–Crippen LogP) is 6.77. The Hall–Kier alpha value is -4.62. The third-order valence-electron chi connectivity index (χ3n) is 5.81. The number of carboxylic acids is 1. The average molecular weight is 521 g/mol. The molecule has 0 radical (unpaired) electrons. The molecule has 0 atom stereocenters. The zero-order valence-corrected chi connectivity index (χ0v) is 21.2. The maximum atomic E-state index is 13.4. The van der Waals surface area contributed by atoms with Crippen LogP contribution in [0.1, 0.15) is 27.0 Å². The van der Waals surface area contributed by atoms with Crippen LogP contribution in [0.25, 0.3) is 6.08 Å². The van der Waals surface area contributed by atoms with E-state index < -0.39 is 5.97 Å². The highest BCUT2D eigenvalue weighted by Gasteiger charge is 2.33. The lowest BCUT2D eigenvalue weighted by atomic mass is 10.1. The molecule has 0 unspecified atom stereocenters. The molecule has 0 spiro atoms. The number of amidine groups is 1. The lowest BCUT2D eigenvalue weighted by Crippen LogP contribution is -2.28. The first-order valence-corrected chi connectivity index (χ1v) is 12.8. The molecule has 1 saturated heterocycles. The molecule has 38 heavy (non-hydrogen) atoms. The number of para-hydroxylation sites is 1. The second-order valence-electron chi connectivity index (χ2n) is 8.58. The molecule has 0 aromatic heterocycles. The number of ether oxygens (including phenoxy) is 1. The molecule has 1 aliphatic heterocycles. The number of carboxylic acid groups (broad SMARTS) is 1. The van der Waals surface area contributed by atoms with Gasteiger partial charge in [0.25, 0.3) is 5.91 Å². The van der Waals surface area contributed by atoms with Gasteiger partial charge in [0.15, 0.2) is 5.17 Å². The van der Waals surface area contributed by atoms with Gasteiger partial charge in [-0.1, -0.05) is 72.8 Å². The van der Waals surface area contributed by atoms with Crippen molar-refractivity contribution >= 4 is 40.6 Å². The number of aromatic carboxylic acids is 1. The molecule has 5 rings (SSSR count).